The van der Waals surface area contributed by atoms with Crippen molar-refractivity contribution in [3.63, 3.8) is 0 Å². The van der Waals surface area contributed by atoms with Gasteiger partial charge in [0.25, 0.3) is 5.91 Å². The summed E-state index contributed by atoms with van der Waals surface area (Å²) in [6.45, 7) is 1.55. The normalized spacial score (nSPS) is 21.7. The first-order chi connectivity index (χ1) is 15.0. The molecule has 1 unspecified atom stereocenters. The number of halogens is 2. The van der Waals surface area contributed by atoms with Crippen LogP contribution in [0.1, 0.15) is 19.3 Å². The largest absolute Gasteiger partial charge is 0.490 e. The summed E-state index contributed by atoms with van der Waals surface area (Å²) in [4.78, 5) is 28.9. The molecule has 31 heavy (non-hydrogen) atoms. The molecule has 1 atom stereocenters. The highest BCUT2D eigenvalue weighted by atomic mass is 35.5. The number of carbonyl (C=O) groups is 2. The second-order valence-corrected chi connectivity index (χ2v) is 8.51. The van der Waals surface area contributed by atoms with Gasteiger partial charge >= 0.3 is 0 Å². The van der Waals surface area contributed by atoms with E-state index in [9.17, 15) is 9.59 Å². The maximum Gasteiger partial charge on any atom is 0.251 e. The highest BCUT2D eigenvalue weighted by Crippen LogP contribution is 2.37. The molecule has 2 aromatic rings. The van der Waals surface area contributed by atoms with E-state index in [-0.39, 0.29) is 36.2 Å². The van der Waals surface area contributed by atoms with Gasteiger partial charge in [0.05, 0.1) is 28.2 Å². The Labute approximate surface area is 189 Å². The lowest BCUT2D eigenvalue weighted by molar-refractivity contribution is -0.123. The summed E-state index contributed by atoms with van der Waals surface area (Å²) in [5, 5.41) is 0.520. The zero-order chi connectivity index (χ0) is 21.5. The molecule has 162 valence electrons. The molecule has 2 fully saturated rings. The average Bonchev–Trinajstić information content (AvgIpc) is 3.34. The van der Waals surface area contributed by atoms with E-state index >= 15 is 0 Å². The number of benzene rings is 2. The zero-order valence-electron chi connectivity index (χ0n) is 16.6. The molecule has 7 nitrogen and oxygen atoms in total. The lowest BCUT2D eigenvalue weighted by Crippen LogP contribution is -2.47. The fourth-order valence-corrected chi connectivity index (χ4v) is 4.65. The molecule has 2 amide bonds. The van der Waals surface area contributed by atoms with Gasteiger partial charge in [-0.15, -0.1) is 0 Å². The van der Waals surface area contributed by atoms with E-state index < -0.39 is 6.04 Å². The predicted octanol–water partition coefficient (Wildman–Crippen LogP) is 3.90. The summed E-state index contributed by atoms with van der Waals surface area (Å²) in [6.07, 6.45) is 1.67. The van der Waals surface area contributed by atoms with Crippen LogP contribution in [-0.2, 0) is 9.59 Å². The molecule has 2 aromatic carbocycles. The summed E-state index contributed by atoms with van der Waals surface area (Å²) in [6, 6.07) is 9.99. The van der Waals surface area contributed by atoms with Gasteiger partial charge < -0.3 is 14.2 Å². The quantitative estimate of drug-likeness (QED) is 0.641. The lowest BCUT2D eigenvalue weighted by atomic mass is 10.0. The molecule has 0 aliphatic carbocycles. The van der Waals surface area contributed by atoms with Crippen molar-refractivity contribution in [2.45, 2.75) is 31.4 Å². The van der Waals surface area contributed by atoms with Gasteiger partial charge in [0.2, 0.25) is 12.7 Å². The third kappa shape index (κ3) is 3.82. The Morgan fingerprint density at radius 2 is 1.77 bits per heavy atom. The maximum atomic E-state index is 13.1. The van der Waals surface area contributed by atoms with Crippen molar-refractivity contribution in [2.75, 3.05) is 24.8 Å². The fourth-order valence-electron chi connectivity index (χ4n) is 4.27. The van der Waals surface area contributed by atoms with Crippen molar-refractivity contribution >= 4 is 40.7 Å². The third-order valence-corrected chi connectivity index (χ3v) is 6.67. The van der Waals surface area contributed by atoms with E-state index in [2.05, 4.69) is 4.90 Å². The number of anilines is 1. The molecule has 0 N–H and O–H groups in total. The van der Waals surface area contributed by atoms with E-state index in [0.717, 1.165) is 29.2 Å². The van der Waals surface area contributed by atoms with Crippen molar-refractivity contribution in [1.82, 2.24) is 4.90 Å². The van der Waals surface area contributed by atoms with Crippen LogP contribution in [0.5, 0.6) is 17.2 Å². The molecule has 3 aliphatic heterocycles. The van der Waals surface area contributed by atoms with Crippen LogP contribution in [0.4, 0.5) is 5.69 Å². The van der Waals surface area contributed by atoms with Crippen LogP contribution < -0.4 is 19.1 Å². The Bertz CT molecular complexity index is 1040. The molecular weight excluding hydrogens is 443 g/mol. The molecule has 9 heteroatoms. The number of fused-ring (bicyclic) bond motifs is 1. The van der Waals surface area contributed by atoms with Gasteiger partial charge in [-0.05, 0) is 37.1 Å². The van der Waals surface area contributed by atoms with Crippen molar-refractivity contribution in [2.24, 2.45) is 0 Å². The molecule has 3 heterocycles. The van der Waals surface area contributed by atoms with Gasteiger partial charge in [0.15, 0.2) is 11.5 Å². The van der Waals surface area contributed by atoms with Crippen LogP contribution in [-0.4, -0.2) is 48.7 Å². The number of amides is 2. The van der Waals surface area contributed by atoms with Crippen LogP contribution in [0.15, 0.2) is 36.4 Å². The van der Waals surface area contributed by atoms with E-state index in [1.54, 1.807) is 18.2 Å². The van der Waals surface area contributed by atoms with Crippen LogP contribution in [0.2, 0.25) is 10.0 Å². The Morgan fingerprint density at radius 1 is 1.00 bits per heavy atom. The number of imide groups is 1. The molecule has 0 radical (unpaired) electrons. The van der Waals surface area contributed by atoms with E-state index in [1.807, 2.05) is 18.2 Å². The Hall–Kier alpha value is -2.48. The number of nitrogens with zero attached hydrogens (tertiary/aromatic N) is 2. The number of rotatable bonds is 4. The van der Waals surface area contributed by atoms with Crippen molar-refractivity contribution in [3.8, 4) is 17.2 Å². The second-order valence-electron chi connectivity index (χ2n) is 7.73. The summed E-state index contributed by atoms with van der Waals surface area (Å²) in [7, 11) is 0. The second kappa shape index (κ2) is 8.22. The molecule has 5 rings (SSSR count). The molecule has 0 spiro atoms. The van der Waals surface area contributed by atoms with Crippen LogP contribution in [0, 0.1) is 0 Å². The van der Waals surface area contributed by atoms with Crippen LogP contribution in [0.3, 0.4) is 0 Å². The fraction of sp³-hybridized carbons (Fsp3) is 0.364. The van der Waals surface area contributed by atoms with Crippen LogP contribution in [0.25, 0.3) is 0 Å². The predicted molar refractivity (Wildman–Crippen MR) is 115 cm³/mol. The van der Waals surface area contributed by atoms with Crippen LogP contribution >= 0.6 is 23.2 Å². The summed E-state index contributed by atoms with van der Waals surface area (Å²) in [5.41, 5.74) is 0.340. The van der Waals surface area contributed by atoms with E-state index in [4.69, 9.17) is 37.4 Å². The molecule has 3 aliphatic rings. The molecule has 0 aromatic heterocycles. The minimum Gasteiger partial charge on any atom is -0.490 e. The SMILES string of the molecule is O=C1CC(N2CCC(Oc3ccc4c(c3)OCO4)CC2)C(=O)N1c1cccc(Cl)c1Cl. The Morgan fingerprint density at radius 3 is 2.58 bits per heavy atom. The first-order valence-electron chi connectivity index (χ1n) is 10.1. The maximum absolute atomic E-state index is 13.1. The minimum absolute atomic E-state index is 0.0299. The first-order valence-corrected chi connectivity index (χ1v) is 10.9. The van der Waals surface area contributed by atoms with Crippen molar-refractivity contribution < 1.29 is 23.8 Å². The van der Waals surface area contributed by atoms with E-state index in [1.165, 1.54) is 0 Å². The molecule has 0 saturated carbocycles. The van der Waals surface area contributed by atoms with Crippen molar-refractivity contribution in [3.05, 3.63) is 46.4 Å². The number of likely N-dealkylation sites (tertiary alicyclic amines) is 1. The number of hydrogen-bond donors (Lipinski definition) is 0. The standard InChI is InChI=1S/C22H20Cl2N2O5/c23-15-2-1-3-16(21(15)24)26-20(27)11-17(22(26)28)25-8-6-13(7-9-25)31-14-4-5-18-19(10-14)30-12-29-18/h1-5,10,13,17H,6-9,11-12H2. The number of piperidine rings is 1. The lowest BCUT2D eigenvalue weighted by Gasteiger charge is -2.34. The summed E-state index contributed by atoms with van der Waals surface area (Å²) >= 11 is 12.3. The van der Waals surface area contributed by atoms with Gasteiger partial charge in [-0.3, -0.25) is 14.5 Å². The number of hydrogen-bond acceptors (Lipinski definition) is 6. The molecule has 0 bridgehead atoms. The number of carbonyl (C=O) groups excluding carboxylic acids is 2. The smallest absolute Gasteiger partial charge is 0.251 e. The summed E-state index contributed by atoms with van der Waals surface area (Å²) < 4.78 is 16.8. The number of ether oxygens (including phenoxy) is 3. The highest BCUT2D eigenvalue weighted by molar-refractivity contribution is 6.44. The van der Waals surface area contributed by atoms with E-state index in [0.29, 0.717) is 29.5 Å². The van der Waals surface area contributed by atoms with Gasteiger partial charge in [0, 0.05) is 19.2 Å². The first kappa shape index (κ1) is 20.4. The van der Waals surface area contributed by atoms with Crippen molar-refractivity contribution in [1.29, 1.82) is 0 Å². The average molecular weight is 463 g/mol. The topological polar surface area (TPSA) is 68.3 Å². The molecular formula is C22H20Cl2N2O5. The molecule has 2 saturated heterocycles. The van der Waals surface area contributed by atoms with Gasteiger partial charge in [-0.1, -0.05) is 29.3 Å². The third-order valence-electron chi connectivity index (χ3n) is 5.86. The minimum atomic E-state index is -0.492. The Kier molecular flexibility index (Phi) is 5.42. The zero-order valence-corrected chi connectivity index (χ0v) is 18.1. The monoisotopic (exact) mass is 462 g/mol. The van der Waals surface area contributed by atoms with Gasteiger partial charge in [-0.25, -0.2) is 4.90 Å². The Balaban J connectivity index is 1.22. The van der Waals surface area contributed by atoms with Gasteiger partial charge in [-0.2, -0.15) is 0 Å². The highest BCUT2D eigenvalue weighted by Gasteiger charge is 2.44. The van der Waals surface area contributed by atoms with Gasteiger partial charge in [0.1, 0.15) is 11.9 Å². The summed E-state index contributed by atoms with van der Waals surface area (Å²) in [5.74, 6) is 1.61.